The van der Waals surface area contributed by atoms with Gasteiger partial charge in [0, 0.05) is 5.56 Å². The number of nitrogens with one attached hydrogen (secondary N) is 1. The van der Waals surface area contributed by atoms with Crippen LogP contribution >= 0.6 is 0 Å². The molecule has 1 aliphatic carbocycles. The Labute approximate surface area is 194 Å². The number of benzene rings is 2. The number of nitrogens with zero attached hydrogens (tertiary/aromatic N) is 1. The number of hydrogen-bond acceptors (Lipinski definition) is 5. The van der Waals surface area contributed by atoms with Gasteiger partial charge in [0.25, 0.3) is 10.0 Å². The summed E-state index contributed by atoms with van der Waals surface area (Å²) >= 11 is 0. The number of sulfonamides is 1. The lowest BCUT2D eigenvalue weighted by Crippen LogP contribution is -2.54. The number of hydrogen-bond donors (Lipinski definition) is 1. The fourth-order valence-electron chi connectivity index (χ4n) is 3.31. The molecule has 1 atom stereocenters. The Morgan fingerprint density at radius 2 is 1.60 bits per heavy atom. The molecule has 1 aliphatic rings. The van der Waals surface area contributed by atoms with Gasteiger partial charge in [-0.05, 0) is 37.5 Å². The summed E-state index contributed by atoms with van der Waals surface area (Å²) in [5, 5.41) is 3.84. The van der Waals surface area contributed by atoms with E-state index in [0.717, 1.165) is 5.56 Å². The molecule has 14 heteroatoms. The van der Waals surface area contributed by atoms with Gasteiger partial charge in [-0.1, -0.05) is 42.0 Å². The molecule has 0 fully saturated rings. The Morgan fingerprint density at radius 3 is 2.20 bits per heavy atom. The molecule has 2 aromatic rings. The molecule has 0 amide bonds. The molecule has 0 radical (unpaired) electrons. The number of ether oxygens (including phenoxy) is 1. The summed E-state index contributed by atoms with van der Waals surface area (Å²) in [6, 6.07) is 11.2. The maximum Gasteiger partial charge on any atom is 0.476 e. The van der Waals surface area contributed by atoms with Crippen LogP contribution in [0.25, 0.3) is 0 Å². The molecule has 35 heavy (non-hydrogen) atoms. The first-order valence-corrected chi connectivity index (χ1v) is 11.3. The lowest BCUT2D eigenvalue weighted by atomic mass is 9.81. The number of esters is 1. The van der Waals surface area contributed by atoms with Crippen LogP contribution in [0.15, 0.2) is 58.5 Å². The lowest BCUT2D eigenvalue weighted by Gasteiger charge is -2.30. The average molecular weight is 526 g/mol. The Kier molecular flexibility index (Phi) is 6.90. The number of alkyl halides is 7. The number of rotatable bonds is 6. The topological polar surface area (TPSA) is 84.8 Å². The first kappa shape index (κ1) is 26.4. The van der Waals surface area contributed by atoms with Crippen LogP contribution in [0, 0.1) is 6.92 Å². The van der Waals surface area contributed by atoms with E-state index in [1.54, 1.807) is 19.1 Å². The quantitative estimate of drug-likeness (QED) is 0.330. The number of carbonyl (C=O) groups is 1. The Balaban J connectivity index is 1.85. The summed E-state index contributed by atoms with van der Waals surface area (Å²) in [6.45, 7) is 1.75. The summed E-state index contributed by atoms with van der Waals surface area (Å²) in [7, 11) is -4.08. The van der Waals surface area contributed by atoms with Gasteiger partial charge in [0.1, 0.15) is 0 Å². The highest BCUT2D eigenvalue weighted by atomic mass is 32.2. The molecule has 1 unspecified atom stereocenters. The van der Waals surface area contributed by atoms with E-state index in [2.05, 4.69) is 9.84 Å². The van der Waals surface area contributed by atoms with Crippen molar-refractivity contribution in [2.45, 2.75) is 48.8 Å². The summed E-state index contributed by atoms with van der Waals surface area (Å²) < 4.78 is 119. The summed E-state index contributed by atoms with van der Waals surface area (Å²) in [5.41, 5.74) is 0.960. The van der Waals surface area contributed by atoms with Gasteiger partial charge in [0.2, 0.25) is 0 Å². The Morgan fingerprint density at radius 1 is 1.00 bits per heavy atom. The average Bonchev–Trinajstić information content (AvgIpc) is 2.76. The monoisotopic (exact) mass is 526 g/mol. The fraction of sp³-hybridized carbons (Fsp3) is 0.333. The maximum absolute atomic E-state index is 13.6. The highest BCUT2D eigenvalue weighted by molar-refractivity contribution is 7.89. The standard InChI is InChI=1S/C21H17F7N2O4S/c1-12-6-8-13(9-7-12)35(32,33)30-29-17-11-10-16(14-4-2-3-5-15(14)17)18(31)34-21(27,28)19(22,23)20(24,25)26/h2-9,16,30H,10-11H2,1H3/b29-17-. The zero-order valence-electron chi connectivity index (χ0n) is 17.7. The van der Waals surface area contributed by atoms with Gasteiger partial charge >= 0.3 is 24.2 Å². The first-order valence-electron chi connectivity index (χ1n) is 9.86. The molecule has 0 bridgehead atoms. The largest absolute Gasteiger partial charge is 0.476 e. The summed E-state index contributed by atoms with van der Waals surface area (Å²) in [5.74, 6) is -10.2. The van der Waals surface area contributed by atoms with Gasteiger partial charge < -0.3 is 4.74 Å². The summed E-state index contributed by atoms with van der Waals surface area (Å²) in [4.78, 5) is 14.2. The van der Waals surface area contributed by atoms with E-state index >= 15 is 0 Å². The number of aryl methyl sites for hydroxylation is 1. The molecular weight excluding hydrogens is 509 g/mol. The van der Waals surface area contributed by atoms with Crippen molar-refractivity contribution in [3.63, 3.8) is 0 Å². The number of hydrazone groups is 1. The third kappa shape index (κ3) is 5.26. The van der Waals surface area contributed by atoms with E-state index in [9.17, 15) is 43.9 Å². The highest BCUT2D eigenvalue weighted by Gasteiger charge is 2.76. The molecule has 0 spiro atoms. The molecule has 0 aromatic heterocycles. The van der Waals surface area contributed by atoms with Crippen molar-refractivity contribution in [1.82, 2.24) is 4.83 Å². The van der Waals surface area contributed by atoms with Crippen LogP contribution < -0.4 is 4.83 Å². The molecule has 2 aromatic carbocycles. The second-order valence-electron chi connectivity index (χ2n) is 7.65. The van der Waals surface area contributed by atoms with Crippen molar-refractivity contribution in [3.8, 4) is 0 Å². The number of halogens is 7. The second kappa shape index (κ2) is 9.13. The third-order valence-corrected chi connectivity index (χ3v) is 6.41. The predicted molar refractivity (Wildman–Crippen MR) is 108 cm³/mol. The van der Waals surface area contributed by atoms with Crippen molar-refractivity contribution in [2.75, 3.05) is 0 Å². The molecule has 6 nitrogen and oxygen atoms in total. The van der Waals surface area contributed by atoms with Gasteiger partial charge in [-0.2, -0.15) is 49.1 Å². The molecule has 1 N–H and O–H groups in total. The van der Waals surface area contributed by atoms with Gasteiger partial charge in [-0.15, -0.1) is 0 Å². The van der Waals surface area contributed by atoms with Gasteiger partial charge in [-0.3, -0.25) is 4.79 Å². The SMILES string of the molecule is Cc1ccc(S(=O)(=O)N/N=C2/CCC(C(=O)OC(F)(F)C(F)(F)C(F)(F)F)c3ccccc32)cc1. The van der Waals surface area contributed by atoms with Gasteiger partial charge in [0.05, 0.1) is 16.5 Å². The third-order valence-electron chi connectivity index (χ3n) is 5.18. The first-order chi connectivity index (χ1) is 16.1. The molecule has 0 heterocycles. The fourth-order valence-corrected chi connectivity index (χ4v) is 4.14. The minimum atomic E-state index is -6.66. The van der Waals surface area contributed by atoms with Gasteiger partial charge in [0.15, 0.2) is 0 Å². The van der Waals surface area contributed by atoms with E-state index in [4.69, 9.17) is 0 Å². The van der Waals surface area contributed by atoms with Crippen molar-refractivity contribution >= 4 is 21.7 Å². The van der Waals surface area contributed by atoms with E-state index < -0.39 is 40.1 Å². The van der Waals surface area contributed by atoms with Crippen LogP contribution in [0.1, 0.15) is 35.4 Å². The van der Waals surface area contributed by atoms with Crippen LogP contribution in [0.2, 0.25) is 0 Å². The van der Waals surface area contributed by atoms with Crippen molar-refractivity contribution in [3.05, 3.63) is 65.2 Å². The minimum Gasteiger partial charge on any atom is -0.395 e. The van der Waals surface area contributed by atoms with Crippen LogP contribution in [-0.4, -0.2) is 38.3 Å². The molecule has 190 valence electrons. The van der Waals surface area contributed by atoms with Crippen molar-refractivity contribution in [2.24, 2.45) is 5.10 Å². The zero-order valence-corrected chi connectivity index (χ0v) is 18.6. The minimum absolute atomic E-state index is 0.0526. The highest BCUT2D eigenvalue weighted by Crippen LogP contribution is 2.48. The molecule has 0 saturated heterocycles. The lowest BCUT2D eigenvalue weighted by molar-refractivity contribution is -0.412. The zero-order chi connectivity index (χ0) is 26.2. The normalized spacial score (nSPS) is 18.2. The van der Waals surface area contributed by atoms with E-state index in [1.165, 1.54) is 36.4 Å². The van der Waals surface area contributed by atoms with Gasteiger partial charge in [-0.25, -0.2) is 0 Å². The van der Waals surface area contributed by atoms with Crippen LogP contribution in [-0.2, 0) is 19.6 Å². The Hall–Kier alpha value is -3.16. The molecule has 3 rings (SSSR count). The van der Waals surface area contributed by atoms with Crippen LogP contribution in [0.5, 0.6) is 0 Å². The summed E-state index contributed by atoms with van der Waals surface area (Å²) in [6.07, 6.45) is -13.4. The smallest absolute Gasteiger partial charge is 0.395 e. The molecule has 0 saturated carbocycles. The van der Waals surface area contributed by atoms with Crippen LogP contribution in [0.4, 0.5) is 30.7 Å². The van der Waals surface area contributed by atoms with E-state index in [-0.39, 0.29) is 34.6 Å². The van der Waals surface area contributed by atoms with Crippen molar-refractivity contribution < 1.29 is 48.7 Å². The van der Waals surface area contributed by atoms with Crippen molar-refractivity contribution in [1.29, 1.82) is 0 Å². The second-order valence-corrected chi connectivity index (χ2v) is 9.32. The number of carbonyl (C=O) groups excluding carboxylic acids is 1. The van der Waals surface area contributed by atoms with E-state index in [1.807, 2.05) is 4.83 Å². The van der Waals surface area contributed by atoms with Crippen LogP contribution in [0.3, 0.4) is 0 Å². The number of fused-ring (bicyclic) bond motifs is 1. The molecular formula is C21H17F7N2O4S. The Bertz CT molecular complexity index is 1240. The van der Waals surface area contributed by atoms with E-state index in [0.29, 0.717) is 0 Å². The molecule has 0 aliphatic heterocycles. The maximum atomic E-state index is 13.6. The predicted octanol–water partition coefficient (Wildman–Crippen LogP) is 4.89.